The van der Waals surface area contributed by atoms with E-state index in [1.807, 2.05) is 12.1 Å². The minimum absolute atomic E-state index is 0.0301. The van der Waals surface area contributed by atoms with Crippen LogP contribution in [-0.2, 0) is 0 Å². The van der Waals surface area contributed by atoms with Gasteiger partial charge in [0.15, 0.2) is 6.73 Å². The lowest BCUT2D eigenvalue weighted by Gasteiger charge is -2.34. The molecule has 0 atom stereocenters. The third-order valence-corrected chi connectivity index (χ3v) is 6.06. The first-order chi connectivity index (χ1) is 16.0. The molecule has 0 saturated carbocycles. The number of piperazine rings is 1. The number of nitrogens with zero attached hydrogens (tertiary/aromatic N) is 5. The maximum absolute atomic E-state index is 14.3. The fourth-order valence-electron chi connectivity index (χ4n) is 3.88. The van der Waals surface area contributed by atoms with Gasteiger partial charge in [0, 0.05) is 43.8 Å². The molecule has 1 aromatic heterocycles. The summed E-state index contributed by atoms with van der Waals surface area (Å²) in [6.07, 6.45) is 1.37. The Balaban J connectivity index is 1.30. The molecule has 33 heavy (non-hydrogen) atoms. The number of halogens is 2. The molecule has 1 amide bonds. The van der Waals surface area contributed by atoms with E-state index in [1.54, 1.807) is 0 Å². The Hall–Kier alpha value is -3.43. The molecule has 8 nitrogen and oxygen atoms in total. The highest BCUT2D eigenvalue weighted by molar-refractivity contribution is 6.34. The normalized spacial score (nSPS) is 16.4. The van der Waals surface area contributed by atoms with Gasteiger partial charge in [0.2, 0.25) is 11.8 Å². The lowest BCUT2D eigenvalue weighted by molar-refractivity contribution is 0.0931. The third-order valence-electron chi connectivity index (χ3n) is 5.76. The maximum Gasteiger partial charge on any atom is 0.268 e. The Morgan fingerprint density at radius 1 is 1.09 bits per heavy atom. The van der Waals surface area contributed by atoms with Crippen LogP contribution in [0.1, 0.15) is 10.4 Å². The number of hydrogen-bond donors (Lipinski definition) is 1. The van der Waals surface area contributed by atoms with Gasteiger partial charge in [-0.15, -0.1) is 0 Å². The topological polar surface area (TPSA) is 73.8 Å². The van der Waals surface area contributed by atoms with Crippen molar-refractivity contribution in [2.75, 3.05) is 55.1 Å². The Morgan fingerprint density at radius 3 is 2.58 bits per heavy atom. The average molecular weight is 469 g/mol. The van der Waals surface area contributed by atoms with E-state index in [1.165, 1.54) is 30.1 Å². The number of para-hydroxylation sites is 1. The predicted molar refractivity (Wildman–Crippen MR) is 125 cm³/mol. The Bertz CT molecular complexity index is 1160. The number of aromatic nitrogens is 2. The summed E-state index contributed by atoms with van der Waals surface area (Å²) < 4.78 is 19.9. The Kier molecular flexibility index (Phi) is 5.74. The summed E-state index contributed by atoms with van der Waals surface area (Å²) in [4.78, 5) is 27.3. The van der Waals surface area contributed by atoms with E-state index in [-0.39, 0.29) is 28.9 Å². The number of rotatable bonds is 4. The molecule has 0 aliphatic carbocycles. The maximum atomic E-state index is 14.3. The first kappa shape index (κ1) is 21.4. The molecule has 3 aromatic rings. The van der Waals surface area contributed by atoms with Crippen molar-refractivity contribution in [1.29, 1.82) is 0 Å². The number of carbonyl (C=O) groups is 1. The number of benzene rings is 2. The van der Waals surface area contributed by atoms with Crippen molar-refractivity contribution >= 4 is 40.5 Å². The summed E-state index contributed by atoms with van der Waals surface area (Å²) in [6, 6.07) is 12.3. The van der Waals surface area contributed by atoms with Crippen molar-refractivity contribution < 1.29 is 13.9 Å². The SMILES string of the molecule is CN1CCN(c2ccc(Nc3ncc4c(n3)OCN(c3c(F)cccc3Cl)C4=O)cc2)CC1. The van der Waals surface area contributed by atoms with Crippen molar-refractivity contribution in [1.82, 2.24) is 14.9 Å². The highest BCUT2D eigenvalue weighted by Gasteiger charge is 2.31. The zero-order chi connectivity index (χ0) is 22.9. The van der Waals surface area contributed by atoms with Gasteiger partial charge in [0.25, 0.3) is 5.91 Å². The van der Waals surface area contributed by atoms with E-state index < -0.39 is 11.7 Å². The second kappa shape index (κ2) is 8.84. The van der Waals surface area contributed by atoms with Crippen LogP contribution in [0.15, 0.2) is 48.7 Å². The van der Waals surface area contributed by atoms with Crippen LogP contribution in [0.5, 0.6) is 5.88 Å². The van der Waals surface area contributed by atoms with Crippen molar-refractivity contribution in [2.45, 2.75) is 0 Å². The molecule has 2 aromatic carbocycles. The molecule has 1 N–H and O–H groups in total. The first-order valence-electron chi connectivity index (χ1n) is 10.6. The third kappa shape index (κ3) is 4.29. The number of fused-ring (bicyclic) bond motifs is 1. The largest absolute Gasteiger partial charge is 0.455 e. The van der Waals surface area contributed by atoms with Gasteiger partial charge in [-0.3, -0.25) is 9.69 Å². The van der Waals surface area contributed by atoms with Gasteiger partial charge in [0.05, 0.1) is 5.02 Å². The van der Waals surface area contributed by atoms with Gasteiger partial charge in [-0.2, -0.15) is 4.98 Å². The fraction of sp³-hybridized carbons (Fsp3) is 0.261. The average Bonchev–Trinajstić information content (AvgIpc) is 2.81. The minimum Gasteiger partial charge on any atom is -0.455 e. The monoisotopic (exact) mass is 468 g/mol. The van der Waals surface area contributed by atoms with Crippen molar-refractivity contribution in [2.24, 2.45) is 0 Å². The minimum atomic E-state index is -0.609. The number of anilines is 4. The molecule has 2 aliphatic heterocycles. The summed E-state index contributed by atoms with van der Waals surface area (Å²) in [5.41, 5.74) is 2.09. The molecule has 0 radical (unpaired) electrons. The molecule has 1 saturated heterocycles. The summed E-state index contributed by atoms with van der Waals surface area (Å²) in [5, 5.41) is 3.25. The molecule has 10 heteroatoms. The van der Waals surface area contributed by atoms with Gasteiger partial charge in [0.1, 0.15) is 17.1 Å². The second-order valence-electron chi connectivity index (χ2n) is 7.95. The summed E-state index contributed by atoms with van der Waals surface area (Å²) in [6.45, 7) is 3.88. The number of amides is 1. The van der Waals surface area contributed by atoms with Gasteiger partial charge in [-0.1, -0.05) is 17.7 Å². The second-order valence-corrected chi connectivity index (χ2v) is 8.36. The van der Waals surface area contributed by atoms with Gasteiger partial charge < -0.3 is 19.9 Å². The van der Waals surface area contributed by atoms with E-state index in [2.05, 4.69) is 44.3 Å². The zero-order valence-corrected chi connectivity index (χ0v) is 18.7. The molecule has 3 heterocycles. The van der Waals surface area contributed by atoms with Crippen LogP contribution in [0.25, 0.3) is 0 Å². The van der Waals surface area contributed by atoms with Gasteiger partial charge in [-0.25, -0.2) is 9.37 Å². The molecule has 170 valence electrons. The van der Waals surface area contributed by atoms with E-state index in [4.69, 9.17) is 16.3 Å². The standard InChI is InChI=1S/C23H22ClFN6O2/c1-29-9-11-30(12-10-29)16-7-5-15(6-8-16)27-23-26-13-17-21(28-23)33-14-31(22(17)32)20-18(24)3-2-4-19(20)25/h2-8,13H,9-12,14H2,1H3,(H,26,27,28). The van der Waals surface area contributed by atoms with Crippen LogP contribution in [0.3, 0.4) is 0 Å². The van der Waals surface area contributed by atoms with E-state index in [9.17, 15) is 9.18 Å². The summed E-state index contributed by atoms with van der Waals surface area (Å²) >= 11 is 6.10. The fourth-order valence-corrected chi connectivity index (χ4v) is 4.14. The lowest BCUT2D eigenvalue weighted by atomic mass is 10.2. The van der Waals surface area contributed by atoms with Gasteiger partial charge >= 0.3 is 0 Å². The number of hydrogen-bond acceptors (Lipinski definition) is 7. The molecule has 0 spiro atoms. The van der Waals surface area contributed by atoms with E-state index >= 15 is 0 Å². The van der Waals surface area contributed by atoms with Crippen LogP contribution in [0, 0.1) is 5.82 Å². The summed E-state index contributed by atoms with van der Waals surface area (Å²) in [5.74, 6) is -0.657. The predicted octanol–water partition coefficient (Wildman–Crippen LogP) is 3.76. The lowest BCUT2D eigenvalue weighted by Crippen LogP contribution is -2.44. The van der Waals surface area contributed by atoms with Crippen LogP contribution >= 0.6 is 11.6 Å². The van der Waals surface area contributed by atoms with Crippen molar-refractivity contribution in [3.63, 3.8) is 0 Å². The van der Waals surface area contributed by atoms with Crippen molar-refractivity contribution in [3.05, 3.63) is 65.1 Å². The number of likely N-dealkylation sites (N-methyl/N-ethyl adjacent to an activating group) is 1. The molecule has 1 fully saturated rings. The Labute approximate surface area is 195 Å². The van der Waals surface area contributed by atoms with Crippen LogP contribution in [0.4, 0.5) is 27.4 Å². The number of ether oxygens (including phenoxy) is 1. The van der Waals surface area contributed by atoms with Crippen LogP contribution in [0.2, 0.25) is 5.02 Å². The smallest absolute Gasteiger partial charge is 0.268 e. The first-order valence-corrected chi connectivity index (χ1v) is 10.9. The zero-order valence-electron chi connectivity index (χ0n) is 18.0. The highest BCUT2D eigenvalue weighted by Crippen LogP contribution is 2.34. The van der Waals surface area contributed by atoms with Gasteiger partial charge in [-0.05, 0) is 43.4 Å². The van der Waals surface area contributed by atoms with Crippen LogP contribution in [-0.4, -0.2) is 60.7 Å². The molecule has 2 aliphatic rings. The van der Waals surface area contributed by atoms with E-state index in [0.29, 0.717) is 5.95 Å². The van der Waals surface area contributed by atoms with Crippen molar-refractivity contribution in [3.8, 4) is 5.88 Å². The Morgan fingerprint density at radius 2 is 1.85 bits per heavy atom. The summed E-state index contributed by atoms with van der Waals surface area (Å²) in [7, 11) is 2.13. The molecule has 5 rings (SSSR count). The highest BCUT2D eigenvalue weighted by atomic mass is 35.5. The molecular weight excluding hydrogens is 447 g/mol. The van der Waals surface area contributed by atoms with Crippen LogP contribution < -0.4 is 19.9 Å². The molecular formula is C23H22ClFN6O2. The molecule has 0 unspecified atom stereocenters. The number of nitrogens with one attached hydrogen (secondary N) is 1. The van der Waals surface area contributed by atoms with E-state index in [0.717, 1.165) is 36.8 Å². The number of carbonyl (C=O) groups excluding carboxylic acids is 1. The quantitative estimate of drug-likeness (QED) is 0.625. The molecule has 0 bridgehead atoms.